The number of rotatable bonds is 4. The minimum Gasteiger partial charge on any atom is -0.472 e. The van der Waals surface area contributed by atoms with Crippen molar-refractivity contribution in [3.05, 3.63) is 24.2 Å². The van der Waals surface area contributed by atoms with Gasteiger partial charge in [-0.15, -0.1) is 0 Å². The Morgan fingerprint density at radius 2 is 2.25 bits per heavy atom. The van der Waals surface area contributed by atoms with Gasteiger partial charge >= 0.3 is 5.97 Å². The fourth-order valence-electron chi connectivity index (χ4n) is 1.25. The van der Waals surface area contributed by atoms with Crippen molar-refractivity contribution in [1.29, 1.82) is 0 Å². The lowest BCUT2D eigenvalue weighted by Crippen LogP contribution is -2.32. The topological polar surface area (TPSA) is 51.5 Å². The lowest BCUT2D eigenvalue weighted by atomic mass is 10.2. The third-order valence-electron chi connectivity index (χ3n) is 2.02. The molecule has 1 unspecified atom stereocenters. The van der Waals surface area contributed by atoms with Crippen LogP contribution in [0.25, 0.3) is 0 Å². The highest BCUT2D eigenvalue weighted by molar-refractivity contribution is 5.72. The van der Waals surface area contributed by atoms with Crippen molar-refractivity contribution in [3.8, 4) is 0 Å². The normalized spacial score (nSPS) is 13.5. The van der Waals surface area contributed by atoms with Crippen molar-refractivity contribution in [2.45, 2.75) is 39.3 Å². The monoisotopic (exact) mass is 225 g/mol. The van der Waals surface area contributed by atoms with Crippen LogP contribution < -0.4 is 5.32 Å². The Morgan fingerprint density at radius 3 is 2.75 bits per heavy atom. The molecule has 1 aromatic heterocycles. The first-order chi connectivity index (χ1) is 7.38. The molecule has 4 nitrogen and oxygen atoms in total. The Bertz CT molecular complexity index is 325. The Balaban J connectivity index is 2.32. The van der Waals surface area contributed by atoms with Gasteiger partial charge in [0.2, 0.25) is 0 Å². The molecule has 1 atom stereocenters. The quantitative estimate of drug-likeness (QED) is 0.799. The Labute approximate surface area is 96.0 Å². The second kappa shape index (κ2) is 5.16. The molecule has 1 aromatic rings. The average Bonchev–Trinajstić information content (AvgIpc) is 2.64. The first-order valence-electron chi connectivity index (χ1n) is 5.36. The summed E-state index contributed by atoms with van der Waals surface area (Å²) in [5, 5.41) is 3.07. The zero-order valence-electron chi connectivity index (χ0n) is 10.2. The van der Waals surface area contributed by atoms with E-state index in [9.17, 15) is 4.79 Å². The third-order valence-corrected chi connectivity index (χ3v) is 2.02. The van der Waals surface area contributed by atoms with Gasteiger partial charge < -0.3 is 14.5 Å². The maximum atomic E-state index is 11.4. The summed E-state index contributed by atoms with van der Waals surface area (Å²) in [6.45, 7) is 7.72. The van der Waals surface area contributed by atoms with Crippen LogP contribution in [-0.4, -0.2) is 18.1 Å². The molecule has 0 saturated carbocycles. The predicted molar refractivity (Wildman–Crippen MR) is 61.0 cm³/mol. The van der Waals surface area contributed by atoms with Crippen molar-refractivity contribution in [3.63, 3.8) is 0 Å². The number of hydrogen-bond acceptors (Lipinski definition) is 4. The number of ether oxygens (including phenoxy) is 1. The van der Waals surface area contributed by atoms with Gasteiger partial charge in [-0.3, -0.25) is 4.79 Å². The van der Waals surface area contributed by atoms with E-state index in [0.29, 0.717) is 0 Å². The molecular formula is C12H19NO3. The van der Waals surface area contributed by atoms with Crippen LogP contribution in [0.4, 0.5) is 0 Å². The number of carbonyl (C=O) groups is 1. The van der Waals surface area contributed by atoms with Crippen LogP contribution >= 0.6 is 0 Å². The van der Waals surface area contributed by atoms with E-state index in [2.05, 4.69) is 5.32 Å². The van der Waals surface area contributed by atoms with E-state index in [0.717, 1.165) is 5.56 Å². The van der Waals surface area contributed by atoms with Crippen LogP contribution in [0.2, 0.25) is 0 Å². The number of hydrogen-bond donors (Lipinski definition) is 1. The predicted octanol–water partition coefficient (Wildman–Crippen LogP) is 2.27. The van der Waals surface area contributed by atoms with Gasteiger partial charge in [-0.2, -0.15) is 0 Å². The van der Waals surface area contributed by atoms with Crippen LogP contribution in [0, 0.1) is 0 Å². The number of esters is 1. The number of nitrogens with one attached hydrogen (secondary N) is 1. The molecule has 1 rings (SSSR count). The molecule has 1 N–H and O–H groups in total. The number of carbonyl (C=O) groups excluding carboxylic acids is 1. The first-order valence-corrected chi connectivity index (χ1v) is 5.36. The van der Waals surface area contributed by atoms with E-state index in [4.69, 9.17) is 9.15 Å². The molecule has 0 saturated heterocycles. The summed E-state index contributed by atoms with van der Waals surface area (Å²) >= 11 is 0. The number of furan rings is 1. The van der Waals surface area contributed by atoms with Crippen LogP contribution in [0.3, 0.4) is 0 Å². The lowest BCUT2D eigenvalue weighted by molar-refractivity contribution is -0.153. The molecule has 4 heteroatoms. The van der Waals surface area contributed by atoms with Crippen molar-refractivity contribution < 1.29 is 13.9 Å². The van der Waals surface area contributed by atoms with E-state index >= 15 is 0 Å². The molecule has 0 aliphatic rings. The molecule has 0 radical (unpaired) electrons. The average molecular weight is 225 g/mol. The molecule has 0 spiro atoms. The highest BCUT2D eigenvalue weighted by Crippen LogP contribution is 2.12. The van der Waals surface area contributed by atoms with Gasteiger partial charge in [-0.25, -0.2) is 0 Å². The highest BCUT2D eigenvalue weighted by atomic mass is 16.6. The van der Waals surface area contributed by atoms with Gasteiger partial charge in [0.25, 0.3) is 0 Å². The minimum absolute atomic E-state index is 0.0752. The second-order valence-electron chi connectivity index (χ2n) is 4.75. The maximum absolute atomic E-state index is 11.4. The van der Waals surface area contributed by atoms with E-state index < -0.39 is 5.60 Å². The first kappa shape index (κ1) is 12.8. The Hall–Kier alpha value is -1.29. The van der Waals surface area contributed by atoms with E-state index in [1.165, 1.54) is 0 Å². The second-order valence-corrected chi connectivity index (χ2v) is 4.75. The zero-order chi connectivity index (χ0) is 12.2. The van der Waals surface area contributed by atoms with E-state index in [1.54, 1.807) is 12.5 Å². The van der Waals surface area contributed by atoms with Gasteiger partial charge in [-0.05, 0) is 33.8 Å². The van der Waals surface area contributed by atoms with Crippen molar-refractivity contribution >= 4 is 5.97 Å². The van der Waals surface area contributed by atoms with Gasteiger partial charge in [-0.1, -0.05) is 0 Å². The van der Waals surface area contributed by atoms with Crippen LogP contribution in [0.5, 0.6) is 0 Å². The molecular weight excluding hydrogens is 206 g/mol. The molecule has 0 bridgehead atoms. The van der Waals surface area contributed by atoms with Crippen molar-refractivity contribution in [2.75, 3.05) is 6.54 Å². The van der Waals surface area contributed by atoms with Gasteiger partial charge in [0.1, 0.15) is 5.60 Å². The molecule has 0 aromatic carbocycles. The van der Waals surface area contributed by atoms with Gasteiger partial charge in [0.15, 0.2) is 0 Å². The highest BCUT2D eigenvalue weighted by Gasteiger charge is 2.16. The smallest absolute Gasteiger partial charge is 0.320 e. The third kappa shape index (κ3) is 4.49. The lowest BCUT2D eigenvalue weighted by Gasteiger charge is -2.20. The molecule has 0 aliphatic carbocycles. The largest absolute Gasteiger partial charge is 0.472 e. The molecule has 1 heterocycles. The molecule has 0 fully saturated rings. The van der Waals surface area contributed by atoms with E-state index in [1.807, 2.05) is 33.8 Å². The summed E-state index contributed by atoms with van der Waals surface area (Å²) in [5.41, 5.74) is 0.584. The summed E-state index contributed by atoms with van der Waals surface area (Å²) in [5.74, 6) is -0.247. The maximum Gasteiger partial charge on any atom is 0.320 e. The zero-order valence-corrected chi connectivity index (χ0v) is 10.2. The molecule has 0 aliphatic heterocycles. The summed E-state index contributed by atoms with van der Waals surface area (Å²) < 4.78 is 10.1. The summed E-state index contributed by atoms with van der Waals surface area (Å²) in [4.78, 5) is 11.4. The van der Waals surface area contributed by atoms with Gasteiger partial charge in [0.05, 0.1) is 19.1 Å². The van der Waals surface area contributed by atoms with E-state index in [-0.39, 0.29) is 18.6 Å². The van der Waals surface area contributed by atoms with Crippen molar-refractivity contribution in [1.82, 2.24) is 5.32 Å². The van der Waals surface area contributed by atoms with Crippen LogP contribution in [-0.2, 0) is 9.53 Å². The SMILES string of the molecule is CC(NCC(=O)OC(C)(C)C)c1ccoc1. The minimum atomic E-state index is -0.433. The summed E-state index contributed by atoms with van der Waals surface area (Å²) in [6, 6.07) is 1.94. The standard InChI is InChI=1S/C12H19NO3/c1-9(10-5-6-15-8-10)13-7-11(14)16-12(2,3)4/h5-6,8-9,13H,7H2,1-4H3. The van der Waals surface area contributed by atoms with Crippen LogP contribution in [0.1, 0.15) is 39.3 Å². The Morgan fingerprint density at radius 1 is 1.56 bits per heavy atom. The Kier molecular flexibility index (Phi) is 4.12. The summed E-state index contributed by atoms with van der Waals surface area (Å²) in [6.07, 6.45) is 3.27. The summed E-state index contributed by atoms with van der Waals surface area (Å²) in [7, 11) is 0. The molecule has 16 heavy (non-hydrogen) atoms. The van der Waals surface area contributed by atoms with Crippen molar-refractivity contribution in [2.24, 2.45) is 0 Å². The fourth-order valence-corrected chi connectivity index (χ4v) is 1.25. The molecule has 90 valence electrons. The van der Waals surface area contributed by atoms with Crippen LogP contribution in [0.15, 0.2) is 23.0 Å². The fraction of sp³-hybridized carbons (Fsp3) is 0.583. The van der Waals surface area contributed by atoms with Gasteiger partial charge in [0, 0.05) is 11.6 Å². The molecule has 0 amide bonds.